The molecule has 0 aromatic rings. The topological polar surface area (TPSA) is 38.3 Å². The van der Waals surface area contributed by atoms with Gasteiger partial charge in [0.1, 0.15) is 11.9 Å². The van der Waals surface area contributed by atoms with Crippen LogP contribution in [0.5, 0.6) is 0 Å². The van der Waals surface area contributed by atoms with Crippen LogP contribution in [0.4, 0.5) is 0 Å². The molecule has 1 N–H and O–H groups in total. The zero-order chi connectivity index (χ0) is 12.9. The van der Waals surface area contributed by atoms with Gasteiger partial charge in [-0.05, 0) is 46.1 Å². The van der Waals surface area contributed by atoms with Gasteiger partial charge < -0.3 is 14.8 Å². The van der Waals surface area contributed by atoms with E-state index in [0.29, 0.717) is 11.8 Å². The maximum atomic E-state index is 11.1. The fraction of sp³-hybridized carbons (Fsp3) is 0.786. The summed E-state index contributed by atoms with van der Waals surface area (Å²) in [4.78, 5) is 11.1. The highest BCUT2D eigenvalue weighted by Crippen LogP contribution is 2.26. The molecule has 0 aromatic carbocycles. The molecule has 0 aliphatic heterocycles. The van der Waals surface area contributed by atoms with Gasteiger partial charge in [-0.1, -0.05) is 19.3 Å². The van der Waals surface area contributed by atoms with Gasteiger partial charge in [0.05, 0.1) is 6.04 Å². The summed E-state index contributed by atoms with van der Waals surface area (Å²) in [5.74, 6) is 0.932. The van der Waals surface area contributed by atoms with Crippen LogP contribution in [0.25, 0.3) is 0 Å². The highest BCUT2D eigenvalue weighted by atomic mass is 16.5. The lowest BCUT2D eigenvalue weighted by molar-refractivity contribution is -0.111. The third-order valence-electron chi connectivity index (χ3n) is 3.06. The average molecular weight is 239 g/mol. The molecule has 1 rings (SSSR count). The predicted molar refractivity (Wildman–Crippen MR) is 69.5 cm³/mol. The van der Waals surface area contributed by atoms with Crippen LogP contribution in [0.3, 0.4) is 0 Å². The summed E-state index contributed by atoms with van der Waals surface area (Å²) in [6.45, 7) is 9.74. The third-order valence-corrected chi connectivity index (χ3v) is 3.06. The van der Waals surface area contributed by atoms with E-state index in [1.807, 2.05) is 20.8 Å². The number of carbonyl (C=O) groups is 1. The minimum atomic E-state index is -0.274. The molecule has 3 nitrogen and oxygen atoms in total. The van der Waals surface area contributed by atoms with Crippen molar-refractivity contribution in [3.8, 4) is 0 Å². The molecule has 1 aliphatic carbocycles. The van der Waals surface area contributed by atoms with Crippen LogP contribution in [-0.2, 0) is 9.53 Å². The van der Waals surface area contributed by atoms with Crippen molar-refractivity contribution in [3.63, 3.8) is 0 Å². The Morgan fingerprint density at radius 3 is 2.41 bits per heavy atom. The molecule has 1 aliphatic rings. The van der Waals surface area contributed by atoms with E-state index in [2.05, 4.69) is 11.9 Å². The summed E-state index contributed by atoms with van der Waals surface area (Å²) >= 11 is 0. The Labute approximate surface area is 105 Å². The van der Waals surface area contributed by atoms with Crippen molar-refractivity contribution in [1.82, 2.24) is 5.32 Å². The van der Waals surface area contributed by atoms with Crippen LogP contribution in [0.1, 0.15) is 52.9 Å². The minimum Gasteiger partial charge on any atom is -0.474 e. The third kappa shape index (κ3) is 5.24. The first-order chi connectivity index (χ1) is 7.92. The lowest BCUT2D eigenvalue weighted by Gasteiger charge is -2.30. The molecule has 1 fully saturated rings. The van der Waals surface area contributed by atoms with Gasteiger partial charge in [0.15, 0.2) is 5.88 Å². The predicted octanol–water partition coefficient (Wildman–Crippen LogP) is 3.01. The van der Waals surface area contributed by atoms with E-state index >= 15 is 0 Å². The van der Waals surface area contributed by atoms with Crippen molar-refractivity contribution in [2.24, 2.45) is 5.92 Å². The molecule has 0 saturated heterocycles. The summed E-state index contributed by atoms with van der Waals surface area (Å²) in [5.41, 5.74) is -0.274. The summed E-state index contributed by atoms with van der Waals surface area (Å²) in [5, 5.41) is 3.11. The van der Waals surface area contributed by atoms with Gasteiger partial charge in [0.25, 0.3) is 0 Å². The van der Waals surface area contributed by atoms with Gasteiger partial charge >= 0.3 is 0 Å². The van der Waals surface area contributed by atoms with Crippen molar-refractivity contribution >= 4 is 6.29 Å². The van der Waals surface area contributed by atoms with Crippen molar-refractivity contribution in [3.05, 3.63) is 12.5 Å². The van der Waals surface area contributed by atoms with E-state index < -0.39 is 0 Å². The van der Waals surface area contributed by atoms with Gasteiger partial charge in [-0.15, -0.1) is 0 Å². The second-order valence-electron chi connectivity index (χ2n) is 5.84. The lowest BCUT2D eigenvalue weighted by Crippen LogP contribution is -2.39. The van der Waals surface area contributed by atoms with E-state index in [1.165, 1.54) is 19.3 Å². The van der Waals surface area contributed by atoms with E-state index in [-0.39, 0.29) is 11.6 Å². The number of aldehydes is 1. The highest BCUT2D eigenvalue weighted by Gasteiger charge is 2.24. The molecule has 3 heteroatoms. The minimum absolute atomic E-state index is 0.148. The Balaban J connectivity index is 2.45. The Morgan fingerprint density at radius 1 is 1.35 bits per heavy atom. The molecule has 0 bridgehead atoms. The average Bonchev–Trinajstić information content (AvgIpc) is 2.24. The molecule has 1 unspecified atom stereocenters. The van der Waals surface area contributed by atoms with Crippen LogP contribution < -0.4 is 5.32 Å². The van der Waals surface area contributed by atoms with Crippen LogP contribution in [0.15, 0.2) is 12.5 Å². The van der Waals surface area contributed by atoms with Crippen molar-refractivity contribution < 1.29 is 9.53 Å². The fourth-order valence-corrected chi connectivity index (χ4v) is 2.34. The second-order valence-corrected chi connectivity index (χ2v) is 5.84. The van der Waals surface area contributed by atoms with E-state index in [4.69, 9.17) is 4.74 Å². The number of nitrogens with one attached hydrogen (secondary N) is 1. The van der Waals surface area contributed by atoms with Crippen LogP contribution in [-0.4, -0.2) is 17.9 Å². The first kappa shape index (κ1) is 14.1. The maximum Gasteiger partial charge on any atom is 0.180 e. The monoisotopic (exact) mass is 239 g/mol. The number of ether oxygens (including phenoxy) is 1. The summed E-state index contributed by atoms with van der Waals surface area (Å²) < 4.78 is 5.60. The number of hydrogen-bond donors (Lipinski definition) is 1. The summed E-state index contributed by atoms with van der Waals surface area (Å²) in [6.07, 6.45) is 6.99. The lowest BCUT2D eigenvalue weighted by atomic mass is 9.84. The van der Waals surface area contributed by atoms with Gasteiger partial charge in [-0.2, -0.15) is 0 Å². The Morgan fingerprint density at radius 2 is 1.94 bits per heavy atom. The Kier molecular flexibility index (Phi) is 5.03. The molecule has 0 spiro atoms. The molecular formula is C14H25NO2. The Hall–Kier alpha value is -0.990. The zero-order valence-electron chi connectivity index (χ0n) is 11.3. The molecule has 0 aromatic heterocycles. The first-order valence-corrected chi connectivity index (χ1v) is 6.52. The van der Waals surface area contributed by atoms with Crippen LogP contribution >= 0.6 is 0 Å². The SMILES string of the molecule is C=C(NC(C=O)C1CCCCC1)OC(C)(C)C. The smallest absolute Gasteiger partial charge is 0.180 e. The molecule has 1 saturated carbocycles. The number of hydrogen-bond acceptors (Lipinski definition) is 3. The van der Waals surface area contributed by atoms with Crippen molar-refractivity contribution in [1.29, 1.82) is 0 Å². The largest absolute Gasteiger partial charge is 0.474 e. The quantitative estimate of drug-likeness (QED) is 0.592. The second kappa shape index (κ2) is 6.08. The molecule has 0 radical (unpaired) electrons. The fourth-order valence-electron chi connectivity index (χ4n) is 2.34. The molecule has 1 atom stereocenters. The van der Waals surface area contributed by atoms with Gasteiger partial charge in [-0.25, -0.2) is 0 Å². The normalized spacial score (nSPS) is 19.5. The molecule has 17 heavy (non-hydrogen) atoms. The van der Waals surface area contributed by atoms with Crippen molar-refractivity contribution in [2.75, 3.05) is 0 Å². The van der Waals surface area contributed by atoms with Crippen LogP contribution in [0, 0.1) is 5.92 Å². The molecule has 98 valence electrons. The molecule has 0 heterocycles. The summed E-state index contributed by atoms with van der Waals surface area (Å²) in [6, 6.07) is -0.148. The summed E-state index contributed by atoms with van der Waals surface area (Å²) in [7, 11) is 0. The van der Waals surface area contributed by atoms with Gasteiger partial charge in [0, 0.05) is 0 Å². The van der Waals surface area contributed by atoms with E-state index in [9.17, 15) is 4.79 Å². The Bertz CT molecular complexity index is 262. The molecular weight excluding hydrogens is 214 g/mol. The maximum absolute atomic E-state index is 11.1. The zero-order valence-corrected chi connectivity index (χ0v) is 11.3. The van der Waals surface area contributed by atoms with Crippen LogP contribution in [0.2, 0.25) is 0 Å². The highest BCUT2D eigenvalue weighted by molar-refractivity contribution is 5.58. The standard InChI is InChI=1S/C14H25NO2/c1-11(17-14(2,3)4)15-13(10-16)12-8-6-5-7-9-12/h10,12-13,15H,1,5-9H2,2-4H3. The van der Waals surface area contributed by atoms with E-state index in [1.54, 1.807) is 0 Å². The number of rotatable bonds is 5. The van der Waals surface area contributed by atoms with Gasteiger partial charge in [-0.3, -0.25) is 0 Å². The van der Waals surface area contributed by atoms with Crippen molar-refractivity contribution in [2.45, 2.75) is 64.5 Å². The first-order valence-electron chi connectivity index (χ1n) is 6.52. The van der Waals surface area contributed by atoms with E-state index in [0.717, 1.165) is 19.1 Å². The molecule has 0 amide bonds. The van der Waals surface area contributed by atoms with Gasteiger partial charge in [0.2, 0.25) is 0 Å². The number of carbonyl (C=O) groups excluding carboxylic acids is 1.